The second-order valence-electron chi connectivity index (χ2n) is 18.9. The first-order chi connectivity index (χ1) is 29.9. The predicted molar refractivity (Wildman–Crippen MR) is 237 cm³/mol. The van der Waals surface area contributed by atoms with Gasteiger partial charge in [-0.2, -0.15) is 0 Å². The second kappa shape index (κ2) is 17.0. The molecule has 1 aliphatic carbocycles. The normalized spacial score (nSPS) is 27.0. The number of aliphatic hydroxyl groups is 1. The number of methoxy groups -OCH3 is 1. The molecule has 4 aromatic rings. The van der Waals surface area contributed by atoms with Crippen molar-refractivity contribution in [1.29, 1.82) is 0 Å². The number of hydrogen-bond donors (Lipinski definition) is 3. The van der Waals surface area contributed by atoms with E-state index in [1.807, 2.05) is 24.4 Å². The number of cyclic esters (lactones) is 1. The van der Waals surface area contributed by atoms with Gasteiger partial charge in [0.1, 0.15) is 18.4 Å². The van der Waals surface area contributed by atoms with Crippen molar-refractivity contribution in [2.24, 2.45) is 17.3 Å². The van der Waals surface area contributed by atoms with E-state index in [1.54, 1.807) is 17.0 Å². The minimum Gasteiger partial charge on any atom is -0.464 e. The standard InChI is InChI=1S/C49H61N7O6/c1-7-39(57)54-26-31(27-54)25-53-21-18-29(3)43(53)46(58)51-37-23-30-12-9-13-32(22-30)33-16-17-38-35(24-33)40-41(45(61-6)42-34(14-10-19-50-42)44(40)55(38)8-2)49(4,5)28-62-48(60)36-15-11-20-56(52-36)47(37)59/h7,9-10,12-14,16-17,19,22,24,29,31,36-37,41,43,45-46,51-52,58H,1,8,11,15,18,20-21,23,25-28H2,2-6H3/t29-,36-,37?,41?,43-,45-,46?/m0/s1. The third-order valence-electron chi connectivity index (χ3n) is 14.3. The van der Waals surface area contributed by atoms with Gasteiger partial charge in [0.05, 0.1) is 30.1 Å². The van der Waals surface area contributed by atoms with Crippen molar-refractivity contribution >= 4 is 28.7 Å². The van der Waals surface area contributed by atoms with Crippen LogP contribution in [0.5, 0.6) is 0 Å². The van der Waals surface area contributed by atoms with Gasteiger partial charge in [0, 0.05) is 79.7 Å². The highest BCUT2D eigenvalue weighted by atomic mass is 16.5. The Kier molecular flexibility index (Phi) is 11.6. The highest BCUT2D eigenvalue weighted by Gasteiger charge is 2.48. The molecule has 4 aliphatic heterocycles. The van der Waals surface area contributed by atoms with Gasteiger partial charge in [-0.1, -0.05) is 57.7 Å². The van der Waals surface area contributed by atoms with Gasteiger partial charge in [0.25, 0.3) is 5.91 Å². The summed E-state index contributed by atoms with van der Waals surface area (Å²) in [5, 5.41) is 18.2. The van der Waals surface area contributed by atoms with Gasteiger partial charge in [-0.25, -0.2) is 5.43 Å². The van der Waals surface area contributed by atoms with Gasteiger partial charge in [0.2, 0.25) is 5.91 Å². The van der Waals surface area contributed by atoms with Crippen LogP contribution in [0.1, 0.15) is 75.8 Å². The summed E-state index contributed by atoms with van der Waals surface area (Å²) in [6, 6.07) is 17.4. The van der Waals surface area contributed by atoms with E-state index in [1.165, 1.54) is 6.08 Å². The number of nitrogens with zero attached hydrogens (tertiary/aromatic N) is 5. The number of fused-ring (bicyclic) bond motifs is 8. The lowest BCUT2D eigenvalue weighted by atomic mass is 9.67. The lowest BCUT2D eigenvalue weighted by molar-refractivity contribution is -0.156. The summed E-state index contributed by atoms with van der Waals surface area (Å²) in [5.41, 5.74) is 11.0. The molecule has 2 amide bonds. The lowest BCUT2D eigenvalue weighted by Crippen LogP contribution is -2.63. The molecule has 9 rings (SSSR count). The zero-order valence-electron chi connectivity index (χ0n) is 36.7. The molecule has 7 atom stereocenters. The number of pyridine rings is 1. The summed E-state index contributed by atoms with van der Waals surface area (Å²) in [7, 11) is 1.73. The number of hydrazine groups is 1. The number of carbonyl (C=O) groups is 3. The minimum atomic E-state index is -0.998. The molecule has 3 unspecified atom stereocenters. The van der Waals surface area contributed by atoms with Crippen molar-refractivity contribution < 1.29 is 29.0 Å². The fraction of sp³-hybridized carbons (Fsp3) is 0.510. The Morgan fingerprint density at radius 2 is 1.92 bits per heavy atom. The topological polar surface area (TPSA) is 142 Å². The van der Waals surface area contributed by atoms with Crippen LogP contribution in [0.4, 0.5) is 0 Å². The number of aryl methyl sites for hydroxylation is 1. The molecule has 5 aliphatic rings. The van der Waals surface area contributed by atoms with E-state index in [9.17, 15) is 19.5 Å². The molecule has 2 aromatic heterocycles. The molecule has 62 heavy (non-hydrogen) atoms. The molecule has 2 aromatic carbocycles. The van der Waals surface area contributed by atoms with Crippen LogP contribution in [0.25, 0.3) is 33.3 Å². The summed E-state index contributed by atoms with van der Waals surface area (Å²) < 4.78 is 15.0. The Morgan fingerprint density at radius 1 is 1.11 bits per heavy atom. The average Bonchev–Trinajstić information content (AvgIpc) is 3.81. The molecule has 6 bridgehead atoms. The van der Waals surface area contributed by atoms with Crippen molar-refractivity contribution in [2.75, 3.05) is 46.4 Å². The largest absolute Gasteiger partial charge is 0.464 e. The lowest BCUT2D eigenvalue weighted by Gasteiger charge is -2.43. The van der Waals surface area contributed by atoms with Crippen molar-refractivity contribution in [2.45, 2.75) is 96.3 Å². The number of nitrogens with one attached hydrogen (secondary N) is 2. The number of esters is 1. The molecule has 3 saturated heterocycles. The highest BCUT2D eigenvalue weighted by Crippen LogP contribution is 2.57. The van der Waals surface area contributed by atoms with Crippen molar-refractivity contribution in [3.05, 3.63) is 90.3 Å². The van der Waals surface area contributed by atoms with Crippen LogP contribution in [0.2, 0.25) is 0 Å². The predicted octanol–water partition coefficient (Wildman–Crippen LogP) is 5.43. The second-order valence-corrected chi connectivity index (χ2v) is 18.9. The van der Waals surface area contributed by atoms with Crippen molar-refractivity contribution in [3.8, 4) is 22.4 Å². The maximum atomic E-state index is 14.7. The van der Waals surface area contributed by atoms with Crippen LogP contribution in [0.15, 0.2) is 73.4 Å². The Bertz CT molecular complexity index is 2370. The Labute approximate surface area is 364 Å². The van der Waals surface area contributed by atoms with E-state index < -0.39 is 35.8 Å². The monoisotopic (exact) mass is 843 g/mol. The first-order valence-electron chi connectivity index (χ1n) is 22.5. The van der Waals surface area contributed by atoms with Crippen LogP contribution < -0.4 is 10.7 Å². The molecule has 13 heteroatoms. The summed E-state index contributed by atoms with van der Waals surface area (Å²) in [5.74, 6) is -0.419. The number of ether oxygens (including phenoxy) is 2. The molecule has 0 saturated carbocycles. The number of amides is 2. The van der Waals surface area contributed by atoms with Crippen molar-refractivity contribution in [1.82, 2.24) is 35.1 Å². The molecule has 3 N–H and O–H groups in total. The van der Waals surface area contributed by atoms with E-state index in [2.05, 4.69) is 90.9 Å². The van der Waals surface area contributed by atoms with Crippen LogP contribution in [-0.4, -0.2) is 118 Å². The minimum absolute atomic E-state index is 0.0542. The van der Waals surface area contributed by atoms with Gasteiger partial charge in [-0.3, -0.25) is 34.6 Å². The van der Waals surface area contributed by atoms with Gasteiger partial charge < -0.3 is 24.0 Å². The van der Waals surface area contributed by atoms with Crippen LogP contribution in [0.3, 0.4) is 0 Å². The van der Waals surface area contributed by atoms with Crippen LogP contribution in [0, 0.1) is 17.3 Å². The number of benzene rings is 2. The molecule has 13 nitrogen and oxygen atoms in total. The quantitative estimate of drug-likeness (QED) is 0.120. The van der Waals surface area contributed by atoms with Gasteiger partial charge in [-0.15, -0.1) is 0 Å². The number of carbonyl (C=O) groups excluding carboxylic acids is 3. The van der Waals surface area contributed by atoms with Crippen LogP contribution >= 0.6 is 0 Å². The Balaban J connectivity index is 1.10. The Hall–Kier alpha value is -4.92. The van der Waals surface area contributed by atoms with Crippen LogP contribution in [-0.2, 0) is 36.8 Å². The van der Waals surface area contributed by atoms with Crippen molar-refractivity contribution in [3.63, 3.8) is 0 Å². The molecular formula is C49H61N7O6. The number of aliphatic hydroxyl groups excluding tert-OH is 1. The fourth-order valence-corrected chi connectivity index (χ4v) is 11.2. The van der Waals surface area contributed by atoms with E-state index in [0.717, 1.165) is 76.2 Å². The maximum absolute atomic E-state index is 14.7. The van der Waals surface area contributed by atoms with Gasteiger partial charge >= 0.3 is 5.97 Å². The third-order valence-corrected chi connectivity index (χ3v) is 14.3. The zero-order chi connectivity index (χ0) is 43.4. The number of aromatic nitrogens is 2. The van der Waals surface area contributed by atoms with E-state index in [4.69, 9.17) is 14.5 Å². The summed E-state index contributed by atoms with van der Waals surface area (Å²) in [6.07, 6.45) is 4.17. The highest BCUT2D eigenvalue weighted by molar-refractivity contribution is 5.97. The molecule has 328 valence electrons. The smallest absolute Gasteiger partial charge is 0.324 e. The van der Waals surface area contributed by atoms with Gasteiger partial charge in [-0.05, 0) is 97.7 Å². The molecule has 0 spiro atoms. The first kappa shape index (κ1) is 42.4. The van der Waals surface area contributed by atoms with E-state index in [-0.39, 0.29) is 36.3 Å². The summed E-state index contributed by atoms with van der Waals surface area (Å²) >= 11 is 0. The maximum Gasteiger partial charge on any atom is 0.324 e. The molecule has 0 radical (unpaired) electrons. The third kappa shape index (κ3) is 7.55. The number of rotatable bonds is 8. The van der Waals surface area contributed by atoms with E-state index in [0.29, 0.717) is 44.8 Å². The molecular weight excluding hydrogens is 783 g/mol. The summed E-state index contributed by atoms with van der Waals surface area (Å²) in [6.45, 7) is 16.4. The number of hydrogen-bond acceptors (Lipinski definition) is 10. The summed E-state index contributed by atoms with van der Waals surface area (Å²) in [4.78, 5) is 50.0. The van der Waals surface area contributed by atoms with E-state index >= 15 is 0 Å². The molecule has 6 heterocycles. The SMILES string of the molecule is C=CC(=O)N1CC(CN2CC[C@H](C)[C@H]2C(O)NC2Cc3cccc(c3)-c3ccc4c(c3)c3c(n4CC)-c4cccnc4[C@@H](OC)C3C(C)(C)COC(=O)[C@@H]3CCCN(N3)C2=O)C1. The number of likely N-dealkylation sites (tertiary alicyclic amines) is 2. The van der Waals surface area contributed by atoms with Gasteiger partial charge in [0.15, 0.2) is 0 Å². The zero-order valence-corrected chi connectivity index (χ0v) is 36.7. The fourth-order valence-electron chi connectivity index (χ4n) is 11.2. The molecule has 3 fully saturated rings. The average molecular weight is 844 g/mol. The first-order valence-corrected chi connectivity index (χ1v) is 22.5. The Morgan fingerprint density at radius 3 is 2.69 bits per heavy atom.